The minimum Gasteiger partial charge on any atom is -0.495 e. The highest BCUT2D eigenvalue weighted by Crippen LogP contribution is 2.31. The van der Waals surface area contributed by atoms with Crippen LogP contribution in [0.2, 0.25) is 0 Å². The van der Waals surface area contributed by atoms with E-state index in [1.54, 1.807) is 6.07 Å². The van der Waals surface area contributed by atoms with Gasteiger partial charge in [0.05, 0.1) is 23.0 Å². The number of sulfonamides is 1. The van der Waals surface area contributed by atoms with Crippen LogP contribution in [-0.2, 0) is 28.7 Å². The second-order valence-corrected chi connectivity index (χ2v) is 9.57. The Bertz CT molecular complexity index is 1260. The first-order chi connectivity index (χ1) is 14.3. The standard InChI is InChI=1S/C19H17BrFN3O5S/c1-28-18-8-14(20)15(21)9-17(18)24-16-4-6-23(10-12(16)2-3-19(24)25)30(26,27)11-13-5-7-29-22-13/h2-3,5,7-9H,4,6,10-11H2,1H3. The van der Waals surface area contributed by atoms with Crippen LogP contribution in [0.15, 0.2) is 50.4 Å². The van der Waals surface area contributed by atoms with Gasteiger partial charge in [-0.3, -0.25) is 9.36 Å². The van der Waals surface area contributed by atoms with Crippen LogP contribution in [0.1, 0.15) is 17.0 Å². The second kappa shape index (κ2) is 7.97. The van der Waals surface area contributed by atoms with E-state index in [1.165, 1.54) is 46.5 Å². The molecule has 0 saturated carbocycles. The molecule has 3 aromatic rings. The van der Waals surface area contributed by atoms with Crippen molar-refractivity contribution in [1.29, 1.82) is 0 Å². The Morgan fingerprint density at radius 1 is 1.30 bits per heavy atom. The van der Waals surface area contributed by atoms with Crippen LogP contribution in [0.25, 0.3) is 5.69 Å². The molecule has 0 aliphatic carbocycles. The summed E-state index contributed by atoms with van der Waals surface area (Å²) in [5.74, 6) is -0.493. The molecule has 0 fully saturated rings. The van der Waals surface area contributed by atoms with E-state index >= 15 is 0 Å². The first-order valence-corrected chi connectivity index (χ1v) is 11.3. The topological polar surface area (TPSA) is 94.6 Å². The molecule has 158 valence electrons. The van der Waals surface area contributed by atoms with E-state index in [0.717, 1.165) is 0 Å². The number of halogens is 2. The third-order valence-corrected chi connectivity index (χ3v) is 7.28. The molecule has 0 atom stereocenters. The normalized spacial score (nSPS) is 14.5. The van der Waals surface area contributed by atoms with Crippen molar-refractivity contribution in [2.75, 3.05) is 13.7 Å². The minimum absolute atomic E-state index is 0.0944. The molecule has 0 N–H and O–H groups in total. The molecule has 2 aromatic heterocycles. The number of hydrogen-bond acceptors (Lipinski definition) is 6. The van der Waals surface area contributed by atoms with Crippen molar-refractivity contribution in [3.63, 3.8) is 0 Å². The van der Waals surface area contributed by atoms with Gasteiger partial charge in [0.15, 0.2) is 0 Å². The third-order valence-electron chi connectivity index (χ3n) is 4.91. The number of benzene rings is 1. The zero-order chi connectivity index (χ0) is 21.5. The molecule has 30 heavy (non-hydrogen) atoms. The molecule has 4 rings (SSSR count). The highest BCUT2D eigenvalue weighted by Gasteiger charge is 2.30. The summed E-state index contributed by atoms with van der Waals surface area (Å²) in [5, 5.41) is 3.66. The monoisotopic (exact) mass is 497 g/mol. The summed E-state index contributed by atoms with van der Waals surface area (Å²) >= 11 is 3.11. The summed E-state index contributed by atoms with van der Waals surface area (Å²) < 4.78 is 52.7. The molecule has 0 radical (unpaired) electrons. The van der Waals surface area contributed by atoms with Crippen LogP contribution < -0.4 is 10.3 Å². The largest absolute Gasteiger partial charge is 0.495 e. The first-order valence-electron chi connectivity index (χ1n) is 8.94. The Labute approximate surface area is 180 Å². The lowest BCUT2D eigenvalue weighted by Crippen LogP contribution is -2.39. The lowest BCUT2D eigenvalue weighted by molar-refractivity contribution is 0.379. The van der Waals surface area contributed by atoms with Crippen LogP contribution in [0.4, 0.5) is 4.39 Å². The Kier molecular flexibility index (Phi) is 5.51. The summed E-state index contributed by atoms with van der Waals surface area (Å²) in [6.45, 7) is 0.273. The molecule has 1 aliphatic rings. The van der Waals surface area contributed by atoms with Gasteiger partial charge in [-0.1, -0.05) is 11.2 Å². The number of pyridine rings is 1. The molecule has 0 bridgehead atoms. The van der Waals surface area contributed by atoms with E-state index in [0.29, 0.717) is 22.7 Å². The number of ether oxygens (including phenoxy) is 1. The van der Waals surface area contributed by atoms with Crippen molar-refractivity contribution in [1.82, 2.24) is 14.0 Å². The van der Waals surface area contributed by atoms with Gasteiger partial charge in [0, 0.05) is 43.4 Å². The average Bonchev–Trinajstić information content (AvgIpc) is 3.21. The van der Waals surface area contributed by atoms with E-state index in [1.807, 2.05) is 0 Å². The van der Waals surface area contributed by atoms with E-state index in [4.69, 9.17) is 9.26 Å². The van der Waals surface area contributed by atoms with Crippen molar-refractivity contribution in [3.05, 3.63) is 74.2 Å². The van der Waals surface area contributed by atoms with E-state index in [2.05, 4.69) is 21.1 Å². The van der Waals surface area contributed by atoms with E-state index < -0.39 is 15.8 Å². The molecule has 8 nitrogen and oxygen atoms in total. The van der Waals surface area contributed by atoms with Gasteiger partial charge >= 0.3 is 0 Å². The first kappa shape index (κ1) is 20.8. The van der Waals surface area contributed by atoms with Gasteiger partial charge in [-0.15, -0.1) is 0 Å². The molecular weight excluding hydrogens is 481 g/mol. The number of hydrogen-bond donors (Lipinski definition) is 0. The fourth-order valence-electron chi connectivity index (χ4n) is 3.48. The van der Waals surface area contributed by atoms with Crippen molar-refractivity contribution in [2.24, 2.45) is 0 Å². The zero-order valence-electron chi connectivity index (χ0n) is 15.8. The maximum absolute atomic E-state index is 14.2. The molecular formula is C19H17BrFN3O5S. The van der Waals surface area contributed by atoms with E-state index in [-0.39, 0.29) is 41.0 Å². The lowest BCUT2D eigenvalue weighted by Gasteiger charge is -2.30. The Morgan fingerprint density at radius 2 is 2.10 bits per heavy atom. The quantitative estimate of drug-likeness (QED) is 0.537. The van der Waals surface area contributed by atoms with E-state index in [9.17, 15) is 17.6 Å². The number of rotatable bonds is 5. The van der Waals surface area contributed by atoms with Crippen LogP contribution in [-0.4, -0.2) is 36.1 Å². The third kappa shape index (κ3) is 3.80. The minimum atomic E-state index is -3.63. The van der Waals surface area contributed by atoms with Crippen molar-refractivity contribution >= 4 is 26.0 Å². The number of nitrogens with zero attached hydrogens (tertiary/aromatic N) is 3. The van der Waals surface area contributed by atoms with Crippen molar-refractivity contribution in [3.8, 4) is 11.4 Å². The van der Waals surface area contributed by atoms with Gasteiger partial charge in [-0.2, -0.15) is 4.31 Å². The summed E-state index contributed by atoms with van der Waals surface area (Å²) in [6, 6.07) is 7.12. The molecule has 0 unspecified atom stereocenters. The van der Waals surface area contributed by atoms with Crippen molar-refractivity contribution < 1.29 is 22.1 Å². The molecule has 1 aromatic carbocycles. The molecule has 3 heterocycles. The summed E-state index contributed by atoms with van der Waals surface area (Å²) in [4.78, 5) is 12.7. The summed E-state index contributed by atoms with van der Waals surface area (Å²) in [6.07, 6.45) is 1.60. The maximum Gasteiger partial charge on any atom is 0.255 e. The molecule has 1 aliphatic heterocycles. The Balaban J connectivity index is 1.74. The fraction of sp³-hybridized carbons (Fsp3) is 0.263. The Hall–Kier alpha value is -2.50. The van der Waals surface area contributed by atoms with Gasteiger partial charge < -0.3 is 9.26 Å². The molecule has 11 heteroatoms. The smallest absolute Gasteiger partial charge is 0.255 e. The molecule has 0 amide bonds. The number of aromatic nitrogens is 2. The highest BCUT2D eigenvalue weighted by molar-refractivity contribution is 9.10. The summed E-state index contributed by atoms with van der Waals surface area (Å²) in [5.41, 5.74) is 1.51. The summed E-state index contributed by atoms with van der Waals surface area (Å²) in [7, 11) is -2.20. The second-order valence-electron chi connectivity index (χ2n) is 6.75. The van der Waals surface area contributed by atoms with Gasteiger partial charge in [0.25, 0.3) is 5.56 Å². The Morgan fingerprint density at radius 3 is 2.80 bits per heavy atom. The average molecular weight is 498 g/mol. The van der Waals surface area contributed by atoms with Crippen molar-refractivity contribution in [2.45, 2.75) is 18.7 Å². The maximum atomic E-state index is 14.2. The van der Waals surface area contributed by atoms with Crippen LogP contribution in [0, 0.1) is 5.82 Å². The van der Waals surface area contributed by atoms with Crippen LogP contribution in [0.3, 0.4) is 0 Å². The predicted molar refractivity (Wildman–Crippen MR) is 109 cm³/mol. The van der Waals surface area contributed by atoms with Gasteiger partial charge in [0.1, 0.15) is 23.6 Å². The van der Waals surface area contributed by atoms with Crippen LogP contribution >= 0.6 is 15.9 Å². The fourth-order valence-corrected chi connectivity index (χ4v) is 5.22. The lowest BCUT2D eigenvalue weighted by atomic mass is 10.1. The molecule has 0 spiro atoms. The highest BCUT2D eigenvalue weighted by atomic mass is 79.9. The van der Waals surface area contributed by atoms with Crippen LogP contribution in [0.5, 0.6) is 5.75 Å². The van der Waals surface area contributed by atoms with Gasteiger partial charge in [0.2, 0.25) is 10.0 Å². The predicted octanol–water partition coefficient (Wildman–Crippen LogP) is 2.62. The number of fused-ring (bicyclic) bond motifs is 1. The van der Waals surface area contributed by atoms with Gasteiger partial charge in [-0.05, 0) is 27.6 Å². The molecule has 0 saturated heterocycles. The number of methoxy groups -OCH3 is 1. The zero-order valence-corrected chi connectivity index (χ0v) is 18.2. The SMILES string of the molecule is COc1cc(Br)c(F)cc1-n1c2c(ccc1=O)CN(S(=O)(=O)Cc1ccon1)CC2. The van der Waals surface area contributed by atoms with Gasteiger partial charge in [-0.25, -0.2) is 12.8 Å².